The van der Waals surface area contributed by atoms with Gasteiger partial charge in [0.15, 0.2) is 0 Å². The van der Waals surface area contributed by atoms with E-state index >= 15 is 0 Å². The number of hydrogen-bond acceptors (Lipinski definition) is 2. The van der Waals surface area contributed by atoms with E-state index in [2.05, 4.69) is 32.5 Å². The standard InChI is InChI=1S/C14H27NS/c1-4-6-7-8-9-10-11-14-15-12(3)13(5-2)16-14/h13-14H,4-11H2,1-3H3/t13-,14-/m1/s1. The van der Waals surface area contributed by atoms with E-state index in [9.17, 15) is 0 Å². The Bertz CT molecular complexity index is 213. The smallest absolute Gasteiger partial charge is 0.0957 e. The molecule has 0 aliphatic carbocycles. The Kier molecular flexibility index (Phi) is 7.18. The van der Waals surface area contributed by atoms with Crippen LogP contribution in [0.25, 0.3) is 0 Å². The first-order valence-electron chi connectivity index (χ1n) is 6.97. The fraction of sp³-hybridized carbons (Fsp3) is 0.929. The molecular formula is C14H27NS. The molecule has 16 heavy (non-hydrogen) atoms. The van der Waals surface area contributed by atoms with Gasteiger partial charge in [0.05, 0.1) is 5.37 Å². The van der Waals surface area contributed by atoms with Gasteiger partial charge in [-0.05, 0) is 19.8 Å². The zero-order valence-corrected chi connectivity index (χ0v) is 12.0. The zero-order valence-electron chi connectivity index (χ0n) is 11.2. The molecular weight excluding hydrogens is 214 g/mol. The van der Waals surface area contributed by atoms with Gasteiger partial charge in [0.2, 0.25) is 0 Å². The Labute approximate surface area is 105 Å². The minimum Gasteiger partial charge on any atom is -0.279 e. The topological polar surface area (TPSA) is 12.4 Å². The monoisotopic (exact) mass is 241 g/mol. The van der Waals surface area contributed by atoms with Crippen LogP contribution in [0.4, 0.5) is 0 Å². The van der Waals surface area contributed by atoms with E-state index in [1.807, 2.05) is 0 Å². The predicted molar refractivity (Wildman–Crippen MR) is 76.6 cm³/mol. The quantitative estimate of drug-likeness (QED) is 0.542. The largest absolute Gasteiger partial charge is 0.279 e. The number of rotatable bonds is 8. The highest BCUT2D eigenvalue weighted by atomic mass is 32.2. The second-order valence-corrected chi connectivity index (χ2v) is 6.20. The first kappa shape index (κ1) is 14.1. The molecule has 0 bridgehead atoms. The lowest BCUT2D eigenvalue weighted by molar-refractivity contribution is 0.586. The van der Waals surface area contributed by atoms with Gasteiger partial charge in [-0.25, -0.2) is 0 Å². The van der Waals surface area contributed by atoms with Gasteiger partial charge in [-0.2, -0.15) is 0 Å². The van der Waals surface area contributed by atoms with Crippen LogP contribution in [-0.2, 0) is 0 Å². The van der Waals surface area contributed by atoms with Crippen LogP contribution in [0, 0.1) is 0 Å². The molecule has 0 fully saturated rings. The van der Waals surface area contributed by atoms with E-state index in [0.717, 1.165) is 0 Å². The minimum atomic E-state index is 0.580. The molecule has 0 aromatic carbocycles. The maximum atomic E-state index is 4.75. The first-order chi connectivity index (χ1) is 7.77. The van der Waals surface area contributed by atoms with Crippen LogP contribution in [0.15, 0.2) is 4.99 Å². The predicted octanol–water partition coefficient (Wildman–Crippen LogP) is 5.05. The number of hydrogen-bond donors (Lipinski definition) is 0. The summed E-state index contributed by atoms with van der Waals surface area (Å²) < 4.78 is 0. The number of aliphatic imine (C=N–C) groups is 1. The number of unbranched alkanes of at least 4 members (excludes halogenated alkanes) is 5. The van der Waals surface area contributed by atoms with Gasteiger partial charge < -0.3 is 0 Å². The molecule has 1 aliphatic rings. The van der Waals surface area contributed by atoms with Crippen LogP contribution in [0.5, 0.6) is 0 Å². The summed E-state index contributed by atoms with van der Waals surface area (Å²) in [6.07, 6.45) is 10.9. The summed E-state index contributed by atoms with van der Waals surface area (Å²) in [5.74, 6) is 0. The molecule has 2 atom stereocenters. The first-order valence-corrected chi connectivity index (χ1v) is 7.92. The van der Waals surface area contributed by atoms with Gasteiger partial charge in [-0.15, -0.1) is 11.8 Å². The summed E-state index contributed by atoms with van der Waals surface area (Å²) >= 11 is 2.08. The lowest BCUT2D eigenvalue weighted by atomic mass is 10.1. The highest BCUT2D eigenvalue weighted by Gasteiger charge is 2.23. The molecule has 0 unspecified atom stereocenters. The molecule has 0 N–H and O–H groups in total. The van der Waals surface area contributed by atoms with E-state index in [1.54, 1.807) is 0 Å². The van der Waals surface area contributed by atoms with Gasteiger partial charge in [-0.3, -0.25) is 4.99 Å². The highest BCUT2D eigenvalue weighted by Crippen LogP contribution is 2.32. The van der Waals surface area contributed by atoms with Crippen LogP contribution in [0.3, 0.4) is 0 Å². The molecule has 0 saturated heterocycles. The molecule has 0 radical (unpaired) electrons. The normalized spacial score (nSPS) is 24.8. The van der Waals surface area contributed by atoms with Crippen molar-refractivity contribution in [2.24, 2.45) is 4.99 Å². The van der Waals surface area contributed by atoms with E-state index < -0.39 is 0 Å². The van der Waals surface area contributed by atoms with Gasteiger partial charge in [-0.1, -0.05) is 52.4 Å². The van der Waals surface area contributed by atoms with Crippen LogP contribution < -0.4 is 0 Å². The van der Waals surface area contributed by atoms with E-state index in [-0.39, 0.29) is 0 Å². The maximum absolute atomic E-state index is 4.75. The summed E-state index contributed by atoms with van der Waals surface area (Å²) in [7, 11) is 0. The molecule has 0 saturated carbocycles. The Morgan fingerprint density at radius 2 is 1.75 bits per heavy atom. The second-order valence-electron chi connectivity index (χ2n) is 4.81. The summed E-state index contributed by atoms with van der Waals surface area (Å²) in [4.78, 5) is 4.75. The van der Waals surface area contributed by atoms with Gasteiger partial charge in [0, 0.05) is 11.0 Å². The molecule has 94 valence electrons. The van der Waals surface area contributed by atoms with E-state index in [4.69, 9.17) is 4.99 Å². The maximum Gasteiger partial charge on any atom is 0.0957 e. The molecule has 0 amide bonds. The Morgan fingerprint density at radius 3 is 2.38 bits per heavy atom. The van der Waals surface area contributed by atoms with Gasteiger partial charge in [0.25, 0.3) is 0 Å². The average Bonchev–Trinajstić information content (AvgIpc) is 2.64. The second kappa shape index (κ2) is 8.16. The van der Waals surface area contributed by atoms with Crippen molar-refractivity contribution in [3.8, 4) is 0 Å². The van der Waals surface area contributed by atoms with Crippen molar-refractivity contribution in [1.29, 1.82) is 0 Å². The Morgan fingerprint density at radius 1 is 1.06 bits per heavy atom. The van der Waals surface area contributed by atoms with Gasteiger partial charge in [0.1, 0.15) is 0 Å². The summed E-state index contributed by atoms with van der Waals surface area (Å²) in [5, 5.41) is 1.29. The third kappa shape index (κ3) is 4.90. The van der Waals surface area contributed by atoms with Crippen molar-refractivity contribution in [2.75, 3.05) is 0 Å². The third-order valence-corrected chi connectivity index (χ3v) is 4.97. The number of nitrogens with zero attached hydrogens (tertiary/aromatic N) is 1. The molecule has 1 aliphatic heterocycles. The van der Waals surface area contributed by atoms with Crippen molar-refractivity contribution in [3.05, 3.63) is 0 Å². The highest BCUT2D eigenvalue weighted by molar-refractivity contribution is 8.01. The van der Waals surface area contributed by atoms with Crippen LogP contribution in [0.1, 0.15) is 72.1 Å². The fourth-order valence-electron chi connectivity index (χ4n) is 2.25. The molecule has 1 heterocycles. The third-order valence-electron chi connectivity index (χ3n) is 3.31. The van der Waals surface area contributed by atoms with E-state index in [0.29, 0.717) is 10.6 Å². The molecule has 0 aromatic heterocycles. The Balaban J connectivity index is 2.02. The van der Waals surface area contributed by atoms with Crippen LogP contribution >= 0.6 is 11.8 Å². The molecule has 0 aromatic rings. The zero-order chi connectivity index (χ0) is 11.8. The lowest BCUT2D eigenvalue weighted by Crippen LogP contribution is -2.06. The van der Waals surface area contributed by atoms with Crippen molar-refractivity contribution in [2.45, 2.75) is 82.8 Å². The molecule has 1 rings (SSSR count). The van der Waals surface area contributed by atoms with Crippen molar-refractivity contribution >= 4 is 17.5 Å². The van der Waals surface area contributed by atoms with Crippen LogP contribution in [0.2, 0.25) is 0 Å². The van der Waals surface area contributed by atoms with Crippen molar-refractivity contribution in [1.82, 2.24) is 0 Å². The van der Waals surface area contributed by atoms with Crippen molar-refractivity contribution in [3.63, 3.8) is 0 Å². The lowest BCUT2D eigenvalue weighted by Gasteiger charge is -2.08. The average molecular weight is 241 g/mol. The molecule has 1 nitrogen and oxygen atoms in total. The molecule has 2 heteroatoms. The van der Waals surface area contributed by atoms with Gasteiger partial charge >= 0.3 is 0 Å². The number of thioether (sulfide) groups is 1. The molecule has 0 spiro atoms. The summed E-state index contributed by atoms with van der Waals surface area (Å²) in [5.41, 5.74) is 1.38. The van der Waals surface area contributed by atoms with Crippen LogP contribution in [-0.4, -0.2) is 16.3 Å². The minimum absolute atomic E-state index is 0.580. The summed E-state index contributed by atoms with van der Waals surface area (Å²) in [6, 6.07) is 0. The summed E-state index contributed by atoms with van der Waals surface area (Å²) in [6.45, 7) is 6.74. The fourth-order valence-corrected chi connectivity index (χ4v) is 3.61. The Hall–Kier alpha value is 0.0200. The van der Waals surface area contributed by atoms with E-state index in [1.165, 1.54) is 57.1 Å². The van der Waals surface area contributed by atoms with Crippen molar-refractivity contribution < 1.29 is 0 Å². The SMILES string of the molecule is CCCCCCCC[C@@H]1N=C(C)[C@@H](CC)S1.